The Kier molecular flexibility index (Phi) is 5.27. The zero-order valence-electron chi connectivity index (χ0n) is 12.7. The minimum absolute atomic E-state index is 0.0331. The maximum absolute atomic E-state index is 12.3. The zero-order chi connectivity index (χ0) is 15.2. The Morgan fingerprint density at radius 2 is 1.67 bits per heavy atom. The second-order valence-electron chi connectivity index (χ2n) is 4.93. The maximum Gasteiger partial charge on any atom is 0.227 e. The molecule has 6 heteroatoms. The van der Waals surface area contributed by atoms with Gasteiger partial charge in [-0.05, 0) is 25.9 Å². The lowest BCUT2D eigenvalue weighted by Crippen LogP contribution is -2.34. The molecule has 0 atom stereocenters. The van der Waals surface area contributed by atoms with Crippen LogP contribution in [0.3, 0.4) is 0 Å². The van der Waals surface area contributed by atoms with E-state index in [0.29, 0.717) is 22.9 Å². The predicted octanol–water partition coefficient (Wildman–Crippen LogP) is 1.65. The molecule has 0 radical (unpaired) electrons. The van der Waals surface area contributed by atoms with E-state index in [1.165, 1.54) is 0 Å². The standard InChI is InChI=1S/C15H22N2O4/c1-19-12-8-11(9-13(20-2)14(12)21-3)17-15(18)10-4-6-16-7-5-10/h8-10,16H,4-7H2,1-3H3,(H,17,18). The summed E-state index contributed by atoms with van der Waals surface area (Å²) in [4.78, 5) is 12.3. The van der Waals surface area contributed by atoms with Gasteiger partial charge < -0.3 is 24.8 Å². The van der Waals surface area contributed by atoms with Crippen molar-refractivity contribution in [2.24, 2.45) is 5.92 Å². The van der Waals surface area contributed by atoms with Crippen molar-refractivity contribution in [2.45, 2.75) is 12.8 Å². The molecule has 0 spiro atoms. The molecule has 2 N–H and O–H groups in total. The van der Waals surface area contributed by atoms with E-state index >= 15 is 0 Å². The number of piperidine rings is 1. The quantitative estimate of drug-likeness (QED) is 0.864. The van der Waals surface area contributed by atoms with Gasteiger partial charge in [-0.2, -0.15) is 0 Å². The first-order valence-electron chi connectivity index (χ1n) is 7.01. The van der Waals surface area contributed by atoms with Crippen LogP contribution in [0.5, 0.6) is 17.2 Å². The first-order valence-corrected chi connectivity index (χ1v) is 7.01. The van der Waals surface area contributed by atoms with Gasteiger partial charge in [0.05, 0.1) is 21.3 Å². The second-order valence-corrected chi connectivity index (χ2v) is 4.93. The maximum atomic E-state index is 12.3. The smallest absolute Gasteiger partial charge is 0.227 e. The van der Waals surface area contributed by atoms with Gasteiger partial charge in [-0.15, -0.1) is 0 Å². The lowest BCUT2D eigenvalue weighted by molar-refractivity contribution is -0.120. The summed E-state index contributed by atoms with van der Waals surface area (Å²) in [6.07, 6.45) is 1.71. The lowest BCUT2D eigenvalue weighted by Gasteiger charge is -2.22. The highest BCUT2D eigenvalue weighted by molar-refractivity contribution is 5.93. The van der Waals surface area contributed by atoms with Crippen molar-refractivity contribution in [3.8, 4) is 17.2 Å². The number of amides is 1. The average molecular weight is 294 g/mol. The van der Waals surface area contributed by atoms with E-state index in [2.05, 4.69) is 10.6 Å². The fourth-order valence-corrected chi connectivity index (χ4v) is 2.48. The van der Waals surface area contributed by atoms with Crippen LogP contribution in [0.4, 0.5) is 5.69 Å². The molecule has 0 aliphatic carbocycles. The van der Waals surface area contributed by atoms with Crippen molar-refractivity contribution < 1.29 is 19.0 Å². The Morgan fingerprint density at radius 1 is 1.10 bits per heavy atom. The largest absolute Gasteiger partial charge is 0.493 e. The average Bonchev–Trinajstić information content (AvgIpc) is 2.54. The molecule has 1 aromatic rings. The topological polar surface area (TPSA) is 68.8 Å². The van der Waals surface area contributed by atoms with E-state index in [-0.39, 0.29) is 11.8 Å². The van der Waals surface area contributed by atoms with Crippen LogP contribution in [0.1, 0.15) is 12.8 Å². The van der Waals surface area contributed by atoms with Gasteiger partial charge in [0.1, 0.15) is 0 Å². The molecule has 1 heterocycles. The van der Waals surface area contributed by atoms with Crippen LogP contribution in [-0.4, -0.2) is 40.3 Å². The fourth-order valence-electron chi connectivity index (χ4n) is 2.48. The molecule has 1 amide bonds. The van der Waals surface area contributed by atoms with Crippen LogP contribution in [0.2, 0.25) is 0 Å². The van der Waals surface area contributed by atoms with Crippen molar-refractivity contribution in [1.82, 2.24) is 5.32 Å². The summed E-state index contributed by atoms with van der Waals surface area (Å²) in [5, 5.41) is 6.18. The number of anilines is 1. The molecule has 6 nitrogen and oxygen atoms in total. The highest BCUT2D eigenvalue weighted by Gasteiger charge is 2.22. The Labute approximate surface area is 124 Å². The minimum atomic E-state index is 0.0331. The van der Waals surface area contributed by atoms with Crippen LogP contribution in [-0.2, 0) is 4.79 Å². The molecule has 0 bridgehead atoms. The van der Waals surface area contributed by atoms with E-state index in [1.54, 1.807) is 33.5 Å². The first-order chi connectivity index (χ1) is 10.2. The van der Waals surface area contributed by atoms with Crippen LogP contribution in [0.25, 0.3) is 0 Å². The molecule has 1 saturated heterocycles. The number of carbonyl (C=O) groups is 1. The SMILES string of the molecule is COc1cc(NC(=O)C2CCNCC2)cc(OC)c1OC. The molecule has 0 unspecified atom stereocenters. The Hall–Kier alpha value is -1.95. The molecule has 1 aliphatic heterocycles. The molecule has 1 fully saturated rings. The van der Waals surface area contributed by atoms with Gasteiger partial charge in [0.2, 0.25) is 11.7 Å². The summed E-state index contributed by atoms with van der Waals surface area (Å²) in [5.41, 5.74) is 0.646. The first kappa shape index (κ1) is 15.4. The summed E-state index contributed by atoms with van der Waals surface area (Å²) < 4.78 is 15.8. The highest BCUT2D eigenvalue weighted by Crippen LogP contribution is 2.40. The number of hydrogen-bond donors (Lipinski definition) is 2. The van der Waals surface area contributed by atoms with Gasteiger partial charge in [0, 0.05) is 23.7 Å². The van der Waals surface area contributed by atoms with E-state index < -0.39 is 0 Å². The van der Waals surface area contributed by atoms with Crippen molar-refractivity contribution in [3.63, 3.8) is 0 Å². The number of nitrogens with one attached hydrogen (secondary N) is 2. The van der Waals surface area contributed by atoms with Gasteiger partial charge >= 0.3 is 0 Å². The van der Waals surface area contributed by atoms with Crippen molar-refractivity contribution in [1.29, 1.82) is 0 Å². The van der Waals surface area contributed by atoms with Crippen LogP contribution < -0.4 is 24.8 Å². The second kappa shape index (κ2) is 7.17. The molecular weight excluding hydrogens is 272 g/mol. The summed E-state index contributed by atoms with van der Waals surface area (Å²) in [7, 11) is 4.65. The monoisotopic (exact) mass is 294 g/mol. The third-order valence-electron chi connectivity index (χ3n) is 3.64. The Bertz CT molecular complexity index is 473. The number of hydrogen-bond acceptors (Lipinski definition) is 5. The fraction of sp³-hybridized carbons (Fsp3) is 0.533. The molecular formula is C15H22N2O4. The summed E-state index contributed by atoms with van der Waals surface area (Å²) >= 11 is 0. The van der Waals surface area contributed by atoms with Crippen LogP contribution in [0.15, 0.2) is 12.1 Å². The van der Waals surface area contributed by atoms with E-state index in [4.69, 9.17) is 14.2 Å². The summed E-state index contributed by atoms with van der Waals surface area (Å²) in [5.74, 6) is 1.64. The van der Waals surface area contributed by atoms with Crippen LogP contribution >= 0.6 is 0 Å². The molecule has 21 heavy (non-hydrogen) atoms. The Balaban J connectivity index is 2.17. The highest BCUT2D eigenvalue weighted by atomic mass is 16.5. The lowest BCUT2D eigenvalue weighted by atomic mass is 9.97. The molecule has 2 rings (SSSR count). The molecule has 1 aliphatic rings. The number of benzene rings is 1. The molecule has 0 saturated carbocycles. The third kappa shape index (κ3) is 3.58. The molecule has 1 aromatic carbocycles. The van der Waals surface area contributed by atoms with Crippen molar-refractivity contribution >= 4 is 11.6 Å². The molecule has 0 aromatic heterocycles. The third-order valence-corrected chi connectivity index (χ3v) is 3.64. The number of rotatable bonds is 5. The minimum Gasteiger partial charge on any atom is -0.493 e. The van der Waals surface area contributed by atoms with Gasteiger partial charge in [0.15, 0.2) is 11.5 Å². The van der Waals surface area contributed by atoms with E-state index in [1.807, 2.05) is 0 Å². The Morgan fingerprint density at radius 3 is 2.14 bits per heavy atom. The van der Waals surface area contributed by atoms with Gasteiger partial charge in [-0.1, -0.05) is 0 Å². The van der Waals surface area contributed by atoms with Crippen LogP contribution in [0, 0.1) is 5.92 Å². The summed E-state index contributed by atoms with van der Waals surface area (Å²) in [6, 6.07) is 3.47. The summed E-state index contributed by atoms with van der Waals surface area (Å²) in [6.45, 7) is 1.76. The predicted molar refractivity (Wildman–Crippen MR) is 80.3 cm³/mol. The van der Waals surface area contributed by atoms with Crippen molar-refractivity contribution in [2.75, 3.05) is 39.7 Å². The van der Waals surface area contributed by atoms with E-state index in [0.717, 1.165) is 25.9 Å². The van der Waals surface area contributed by atoms with E-state index in [9.17, 15) is 4.79 Å². The molecule has 116 valence electrons. The van der Waals surface area contributed by atoms with Gasteiger partial charge in [0.25, 0.3) is 0 Å². The van der Waals surface area contributed by atoms with Gasteiger partial charge in [-0.25, -0.2) is 0 Å². The zero-order valence-corrected chi connectivity index (χ0v) is 12.7. The number of methoxy groups -OCH3 is 3. The van der Waals surface area contributed by atoms with Gasteiger partial charge in [-0.3, -0.25) is 4.79 Å². The number of ether oxygens (including phenoxy) is 3. The normalized spacial score (nSPS) is 15.4. The van der Waals surface area contributed by atoms with Crippen molar-refractivity contribution in [3.05, 3.63) is 12.1 Å². The number of carbonyl (C=O) groups excluding carboxylic acids is 1.